The van der Waals surface area contributed by atoms with E-state index in [4.69, 9.17) is 10.2 Å². The van der Waals surface area contributed by atoms with Crippen LogP contribution in [0, 0.1) is 5.92 Å². The topological polar surface area (TPSA) is 57.5 Å². The predicted octanol–water partition coefficient (Wildman–Crippen LogP) is 1.51. The molecular formula is C8H18O3. The fourth-order valence-corrected chi connectivity index (χ4v) is 0.175. The van der Waals surface area contributed by atoms with Crippen molar-refractivity contribution in [2.24, 2.45) is 5.92 Å². The van der Waals surface area contributed by atoms with E-state index in [1.165, 1.54) is 0 Å². The highest BCUT2D eigenvalue weighted by atomic mass is 16.4. The summed E-state index contributed by atoms with van der Waals surface area (Å²) in [5.74, 6) is -0.887. The Kier molecular flexibility index (Phi) is 11.2. The minimum Gasteiger partial charge on any atom is -0.481 e. The van der Waals surface area contributed by atoms with Gasteiger partial charge in [-0.2, -0.15) is 0 Å². The van der Waals surface area contributed by atoms with Crippen LogP contribution < -0.4 is 0 Å². The highest BCUT2D eigenvalue weighted by Gasteiger charge is 2.05. The molecule has 3 heteroatoms. The van der Waals surface area contributed by atoms with Gasteiger partial charge in [-0.1, -0.05) is 20.8 Å². The molecule has 0 spiro atoms. The molecule has 0 aliphatic rings. The lowest BCUT2D eigenvalue weighted by molar-refractivity contribution is -0.141. The lowest BCUT2D eigenvalue weighted by Crippen LogP contribution is -2.06. The number of carboxylic acid groups (broad SMARTS) is 1. The SMILES string of the molecule is CCC(C)C(=O)O.CCCO. The number of aliphatic carboxylic acids is 1. The van der Waals surface area contributed by atoms with E-state index in [1.807, 2.05) is 13.8 Å². The van der Waals surface area contributed by atoms with Crippen molar-refractivity contribution in [3.63, 3.8) is 0 Å². The second-order valence-electron chi connectivity index (χ2n) is 2.37. The van der Waals surface area contributed by atoms with Gasteiger partial charge in [-0.25, -0.2) is 0 Å². The van der Waals surface area contributed by atoms with Crippen LogP contribution in [-0.4, -0.2) is 22.8 Å². The minimum absolute atomic E-state index is 0.181. The number of aliphatic hydroxyl groups excluding tert-OH is 1. The highest BCUT2D eigenvalue weighted by Crippen LogP contribution is 1.97. The fraction of sp³-hybridized carbons (Fsp3) is 0.875. The molecule has 3 nitrogen and oxygen atoms in total. The van der Waals surface area contributed by atoms with Gasteiger partial charge in [0.05, 0.1) is 5.92 Å². The monoisotopic (exact) mass is 162 g/mol. The summed E-state index contributed by atoms with van der Waals surface area (Å²) < 4.78 is 0. The maximum atomic E-state index is 9.93. The molecule has 0 bridgehead atoms. The Bertz CT molecular complexity index is 89.3. The first-order chi connectivity index (χ1) is 5.09. The van der Waals surface area contributed by atoms with Crippen molar-refractivity contribution in [3.05, 3.63) is 0 Å². The van der Waals surface area contributed by atoms with Gasteiger partial charge in [0.2, 0.25) is 0 Å². The normalized spacial score (nSPS) is 11.3. The summed E-state index contributed by atoms with van der Waals surface area (Å²) >= 11 is 0. The summed E-state index contributed by atoms with van der Waals surface area (Å²) in [6.45, 7) is 5.81. The Morgan fingerprint density at radius 2 is 1.82 bits per heavy atom. The van der Waals surface area contributed by atoms with Crippen molar-refractivity contribution in [2.75, 3.05) is 6.61 Å². The van der Waals surface area contributed by atoms with E-state index >= 15 is 0 Å². The Balaban J connectivity index is 0. The third kappa shape index (κ3) is 12.6. The van der Waals surface area contributed by atoms with Crippen LogP contribution in [0.5, 0.6) is 0 Å². The van der Waals surface area contributed by atoms with Gasteiger partial charge in [0.15, 0.2) is 0 Å². The molecule has 0 aliphatic heterocycles. The van der Waals surface area contributed by atoms with E-state index in [0.717, 1.165) is 12.8 Å². The van der Waals surface area contributed by atoms with Crippen LogP contribution in [0.3, 0.4) is 0 Å². The molecule has 68 valence electrons. The molecule has 0 heterocycles. The Morgan fingerprint density at radius 1 is 1.45 bits per heavy atom. The molecule has 0 aliphatic carbocycles. The van der Waals surface area contributed by atoms with Gasteiger partial charge in [-0.05, 0) is 12.8 Å². The lowest BCUT2D eigenvalue weighted by Gasteiger charge is -1.96. The van der Waals surface area contributed by atoms with Crippen molar-refractivity contribution >= 4 is 5.97 Å². The van der Waals surface area contributed by atoms with Crippen molar-refractivity contribution in [1.82, 2.24) is 0 Å². The highest BCUT2D eigenvalue weighted by molar-refractivity contribution is 5.69. The molecule has 11 heavy (non-hydrogen) atoms. The molecule has 0 aromatic rings. The van der Waals surface area contributed by atoms with Crippen molar-refractivity contribution in [2.45, 2.75) is 33.6 Å². The molecule has 0 saturated carbocycles. The second kappa shape index (κ2) is 9.43. The summed E-state index contributed by atoms with van der Waals surface area (Å²) in [6.07, 6.45) is 1.59. The van der Waals surface area contributed by atoms with Crippen LogP contribution in [0.1, 0.15) is 33.6 Å². The fourth-order valence-electron chi connectivity index (χ4n) is 0.175. The zero-order valence-corrected chi connectivity index (χ0v) is 7.50. The third-order valence-corrected chi connectivity index (χ3v) is 1.26. The van der Waals surface area contributed by atoms with Gasteiger partial charge in [-0.3, -0.25) is 4.79 Å². The van der Waals surface area contributed by atoms with Crippen molar-refractivity contribution in [3.8, 4) is 0 Å². The van der Waals surface area contributed by atoms with Gasteiger partial charge in [0, 0.05) is 6.61 Å². The van der Waals surface area contributed by atoms with Gasteiger partial charge in [0.1, 0.15) is 0 Å². The lowest BCUT2D eigenvalue weighted by atomic mass is 10.1. The van der Waals surface area contributed by atoms with Gasteiger partial charge < -0.3 is 10.2 Å². The summed E-state index contributed by atoms with van der Waals surface area (Å²) in [5.41, 5.74) is 0. The van der Waals surface area contributed by atoms with E-state index in [2.05, 4.69) is 0 Å². The van der Waals surface area contributed by atoms with Crippen LogP contribution in [0.2, 0.25) is 0 Å². The Morgan fingerprint density at radius 3 is 1.82 bits per heavy atom. The van der Waals surface area contributed by atoms with E-state index in [9.17, 15) is 4.79 Å². The summed E-state index contributed by atoms with van der Waals surface area (Å²) in [4.78, 5) is 9.93. The van der Waals surface area contributed by atoms with Crippen LogP contribution in [0.25, 0.3) is 0 Å². The van der Waals surface area contributed by atoms with Gasteiger partial charge in [-0.15, -0.1) is 0 Å². The zero-order chi connectivity index (χ0) is 9.28. The molecular weight excluding hydrogens is 144 g/mol. The number of carbonyl (C=O) groups is 1. The van der Waals surface area contributed by atoms with Gasteiger partial charge in [0.25, 0.3) is 0 Å². The molecule has 1 atom stereocenters. The predicted molar refractivity (Wildman–Crippen MR) is 44.5 cm³/mol. The molecule has 0 rings (SSSR count). The summed E-state index contributed by atoms with van der Waals surface area (Å²) in [6, 6.07) is 0. The van der Waals surface area contributed by atoms with Crippen molar-refractivity contribution < 1.29 is 15.0 Å². The second-order valence-corrected chi connectivity index (χ2v) is 2.37. The van der Waals surface area contributed by atoms with Crippen molar-refractivity contribution in [1.29, 1.82) is 0 Å². The molecule has 0 amide bonds. The average Bonchev–Trinajstić information content (AvgIpc) is 2.03. The number of hydrogen-bond donors (Lipinski definition) is 2. The van der Waals surface area contributed by atoms with E-state index in [0.29, 0.717) is 6.61 Å². The Labute approximate surface area is 68.0 Å². The Hall–Kier alpha value is -0.570. The molecule has 0 fully saturated rings. The molecule has 0 radical (unpaired) electrons. The first-order valence-corrected chi connectivity index (χ1v) is 3.93. The van der Waals surface area contributed by atoms with Crippen LogP contribution in [0.15, 0.2) is 0 Å². The first-order valence-electron chi connectivity index (χ1n) is 3.93. The third-order valence-electron chi connectivity index (χ3n) is 1.26. The van der Waals surface area contributed by atoms with Crippen LogP contribution in [0.4, 0.5) is 0 Å². The number of rotatable bonds is 3. The average molecular weight is 162 g/mol. The zero-order valence-electron chi connectivity index (χ0n) is 7.50. The van der Waals surface area contributed by atoms with E-state index in [-0.39, 0.29) is 5.92 Å². The molecule has 1 unspecified atom stereocenters. The van der Waals surface area contributed by atoms with E-state index in [1.54, 1.807) is 6.92 Å². The smallest absolute Gasteiger partial charge is 0.306 e. The number of hydrogen-bond acceptors (Lipinski definition) is 2. The maximum absolute atomic E-state index is 9.93. The molecule has 0 aromatic carbocycles. The summed E-state index contributed by atoms with van der Waals surface area (Å²) in [5, 5.41) is 16.1. The molecule has 2 N–H and O–H groups in total. The molecule has 0 saturated heterocycles. The number of aliphatic hydroxyl groups is 1. The standard InChI is InChI=1S/C5H10O2.C3H8O/c1-3-4(2)5(6)7;1-2-3-4/h4H,3H2,1-2H3,(H,6,7);4H,2-3H2,1H3. The minimum atomic E-state index is -0.706. The quantitative estimate of drug-likeness (QED) is 0.661. The van der Waals surface area contributed by atoms with E-state index < -0.39 is 5.97 Å². The number of carboxylic acids is 1. The maximum Gasteiger partial charge on any atom is 0.306 e. The largest absolute Gasteiger partial charge is 0.481 e. The summed E-state index contributed by atoms with van der Waals surface area (Å²) in [7, 11) is 0. The van der Waals surface area contributed by atoms with Gasteiger partial charge >= 0.3 is 5.97 Å². The first kappa shape index (κ1) is 13.1. The molecule has 0 aromatic heterocycles. The van der Waals surface area contributed by atoms with Crippen LogP contribution in [-0.2, 0) is 4.79 Å². The van der Waals surface area contributed by atoms with Crippen LogP contribution >= 0.6 is 0 Å².